The fourth-order valence-corrected chi connectivity index (χ4v) is 6.65. The zero-order valence-corrected chi connectivity index (χ0v) is 28.2. The van der Waals surface area contributed by atoms with Gasteiger partial charge in [-0.15, -0.1) is 0 Å². The first-order chi connectivity index (χ1) is 20.0. The molecule has 0 aromatic rings. The number of nitrogens with one attached hydrogen (secondary N) is 3. The van der Waals surface area contributed by atoms with Gasteiger partial charge in [0.05, 0.1) is 5.75 Å². The van der Waals surface area contributed by atoms with Crippen molar-refractivity contribution >= 4 is 9.84 Å². The molecule has 8 heteroatoms. The van der Waals surface area contributed by atoms with Crippen LogP contribution in [-0.2, 0) is 9.84 Å². The molecular formula is C33H73N5O2S. The van der Waals surface area contributed by atoms with Crippen LogP contribution in [0, 0.1) is 0 Å². The van der Waals surface area contributed by atoms with Gasteiger partial charge in [-0.25, -0.2) is 8.42 Å². The van der Waals surface area contributed by atoms with Crippen molar-refractivity contribution in [2.24, 2.45) is 11.5 Å². The van der Waals surface area contributed by atoms with Crippen LogP contribution in [0.2, 0.25) is 0 Å². The molecule has 0 bridgehead atoms. The summed E-state index contributed by atoms with van der Waals surface area (Å²) in [5, 5.41) is 9.67. The van der Waals surface area contributed by atoms with Gasteiger partial charge < -0.3 is 27.4 Å². The highest BCUT2D eigenvalue weighted by Gasteiger charge is 2.20. The summed E-state index contributed by atoms with van der Waals surface area (Å²) < 4.78 is 25.0. The van der Waals surface area contributed by atoms with Crippen molar-refractivity contribution in [3.8, 4) is 0 Å². The molecule has 0 aromatic heterocycles. The highest BCUT2D eigenvalue weighted by molar-refractivity contribution is 7.91. The van der Waals surface area contributed by atoms with Crippen molar-refractivity contribution in [1.29, 1.82) is 0 Å². The average Bonchev–Trinajstić information content (AvgIpc) is 2.96. The van der Waals surface area contributed by atoms with Crippen LogP contribution in [0.1, 0.15) is 155 Å². The second kappa shape index (κ2) is 32.7. The summed E-state index contributed by atoms with van der Waals surface area (Å²) in [7, 11) is -3.17. The Morgan fingerprint density at radius 1 is 0.488 bits per heavy atom. The number of hydrogen-bond acceptors (Lipinski definition) is 7. The van der Waals surface area contributed by atoms with Gasteiger partial charge in [0, 0.05) is 0 Å². The number of nitrogens with two attached hydrogens (primary N) is 2. The van der Waals surface area contributed by atoms with E-state index in [2.05, 4.69) is 22.9 Å². The number of rotatable bonds is 35. The molecule has 0 aliphatic carbocycles. The number of sulfone groups is 1. The van der Waals surface area contributed by atoms with E-state index in [0.29, 0.717) is 6.42 Å². The Balaban J connectivity index is 3.40. The fourth-order valence-electron chi connectivity index (χ4n) is 5.22. The first-order valence-corrected chi connectivity index (χ1v) is 19.6. The third kappa shape index (κ3) is 31.0. The standard InChI is InChI=1S/C33H73N5O2S/c1-2-3-4-5-6-7-8-9-10-11-12-13-14-15-16-21-32-41(39,40)33(35)24-22-29-38-31-23-30-37-28-20-19-27-36-26-18-17-25-34/h33,36-38H,2-32,34-35H2,1H3. The van der Waals surface area contributed by atoms with Gasteiger partial charge in [-0.3, -0.25) is 0 Å². The summed E-state index contributed by atoms with van der Waals surface area (Å²) in [4.78, 5) is 0. The zero-order valence-electron chi connectivity index (χ0n) is 27.4. The van der Waals surface area contributed by atoms with E-state index in [1.165, 1.54) is 103 Å². The summed E-state index contributed by atoms with van der Waals surface area (Å²) in [6.07, 6.45) is 27.9. The van der Waals surface area contributed by atoms with Crippen LogP contribution < -0.4 is 27.4 Å². The Hall–Kier alpha value is -0.250. The van der Waals surface area contributed by atoms with Gasteiger partial charge in [0.25, 0.3) is 0 Å². The maximum Gasteiger partial charge on any atom is 0.165 e. The molecule has 0 heterocycles. The molecule has 0 spiro atoms. The van der Waals surface area contributed by atoms with Gasteiger partial charge in [0.15, 0.2) is 9.84 Å². The van der Waals surface area contributed by atoms with Crippen molar-refractivity contribution in [3.05, 3.63) is 0 Å². The lowest BCUT2D eigenvalue weighted by Gasteiger charge is -2.13. The van der Waals surface area contributed by atoms with Crippen molar-refractivity contribution in [3.63, 3.8) is 0 Å². The monoisotopic (exact) mass is 604 g/mol. The summed E-state index contributed by atoms with van der Waals surface area (Å²) in [5.74, 6) is 0.246. The average molecular weight is 604 g/mol. The molecule has 0 saturated heterocycles. The maximum absolute atomic E-state index is 12.5. The van der Waals surface area contributed by atoms with Gasteiger partial charge in [0.2, 0.25) is 0 Å². The van der Waals surface area contributed by atoms with Crippen molar-refractivity contribution in [2.45, 2.75) is 160 Å². The normalized spacial score (nSPS) is 12.8. The molecule has 0 aliphatic rings. The van der Waals surface area contributed by atoms with Crippen LogP contribution in [-0.4, -0.2) is 65.4 Å². The van der Waals surface area contributed by atoms with E-state index in [9.17, 15) is 8.42 Å². The molecule has 248 valence electrons. The quantitative estimate of drug-likeness (QED) is 0.0531. The Morgan fingerprint density at radius 2 is 0.854 bits per heavy atom. The van der Waals surface area contributed by atoms with Crippen molar-refractivity contribution in [1.82, 2.24) is 16.0 Å². The second-order valence-electron chi connectivity index (χ2n) is 12.2. The van der Waals surface area contributed by atoms with Crippen LogP contribution >= 0.6 is 0 Å². The lowest BCUT2D eigenvalue weighted by Crippen LogP contribution is -2.33. The Morgan fingerprint density at radius 3 is 1.29 bits per heavy atom. The van der Waals surface area contributed by atoms with Gasteiger partial charge >= 0.3 is 0 Å². The Labute approximate surface area is 256 Å². The third-order valence-electron chi connectivity index (χ3n) is 8.06. The molecule has 0 rings (SSSR count). The second-order valence-corrected chi connectivity index (χ2v) is 14.5. The van der Waals surface area contributed by atoms with Gasteiger partial charge in [0.1, 0.15) is 5.37 Å². The third-order valence-corrected chi connectivity index (χ3v) is 10.1. The molecule has 0 radical (unpaired) electrons. The highest BCUT2D eigenvalue weighted by Crippen LogP contribution is 2.14. The van der Waals surface area contributed by atoms with E-state index in [0.717, 1.165) is 84.3 Å². The van der Waals surface area contributed by atoms with E-state index >= 15 is 0 Å². The minimum atomic E-state index is -3.17. The molecule has 0 aliphatic heterocycles. The van der Waals surface area contributed by atoms with E-state index in [4.69, 9.17) is 11.5 Å². The maximum atomic E-state index is 12.5. The summed E-state index contributed by atoms with van der Waals surface area (Å²) >= 11 is 0. The number of hydrogen-bond donors (Lipinski definition) is 5. The van der Waals surface area contributed by atoms with Crippen LogP contribution in [0.3, 0.4) is 0 Å². The molecule has 0 saturated carbocycles. The van der Waals surface area contributed by atoms with Crippen LogP contribution in [0.5, 0.6) is 0 Å². The SMILES string of the molecule is CCCCCCCCCCCCCCCCCCS(=O)(=O)C(N)CCCNCCCNCCCCNCCCCN. The van der Waals surface area contributed by atoms with E-state index in [1.807, 2.05) is 0 Å². The molecule has 1 unspecified atom stereocenters. The molecule has 0 aromatic carbocycles. The number of unbranched alkanes of at least 4 members (excludes halogenated alkanes) is 17. The Bertz CT molecular complexity index is 606. The van der Waals surface area contributed by atoms with Crippen molar-refractivity contribution < 1.29 is 8.42 Å². The van der Waals surface area contributed by atoms with Crippen molar-refractivity contribution in [2.75, 3.05) is 51.6 Å². The molecule has 41 heavy (non-hydrogen) atoms. The van der Waals surface area contributed by atoms with Crippen LogP contribution in [0.4, 0.5) is 0 Å². The summed E-state index contributed by atoms with van der Waals surface area (Å²) in [5.41, 5.74) is 11.5. The van der Waals surface area contributed by atoms with Crippen LogP contribution in [0.25, 0.3) is 0 Å². The first kappa shape index (κ1) is 40.8. The molecular weight excluding hydrogens is 530 g/mol. The van der Waals surface area contributed by atoms with Gasteiger partial charge in [-0.2, -0.15) is 0 Å². The smallest absolute Gasteiger partial charge is 0.165 e. The predicted molar refractivity (Wildman–Crippen MR) is 181 cm³/mol. The minimum absolute atomic E-state index is 0.246. The molecule has 0 fully saturated rings. The summed E-state index contributed by atoms with van der Waals surface area (Å²) in [6.45, 7) is 9.10. The largest absolute Gasteiger partial charge is 0.330 e. The van der Waals surface area contributed by atoms with Gasteiger partial charge in [-0.05, 0) is 97.2 Å². The van der Waals surface area contributed by atoms with Crippen LogP contribution in [0.15, 0.2) is 0 Å². The summed E-state index contributed by atoms with van der Waals surface area (Å²) in [6, 6.07) is 0. The lowest BCUT2D eigenvalue weighted by molar-refractivity contribution is 0.528. The minimum Gasteiger partial charge on any atom is -0.330 e. The highest BCUT2D eigenvalue weighted by atomic mass is 32.2. The fraction of sp³-hybridized carbons (Fsp3) is 1.00. The molecule has 7 N–H and O–H groups in total. The van der Waals surface area contributed by atoms with Gasteiger partial charge in [-0.1, -0.05) is 103 Å². The topological polar surface area (TPSA) is 122 Å². The molecule has 7 nitrogen and oxygen atoms in total. The molecule has 0 amide bonds. The predicted octanol–water partition coefficient (Wildman–Crippen LogP) is 6.41. The zero-order chi connectivity index (χ0) is 30.1. The van der Waals surface area contributed by atoms with E-state index in [1.54, 1.807) is 0 Å². The molecule has 1 atom stereocenters. The lowest BCUT2D eigenvalue weighted by atomic mass is 10.0. The van der Waals surface area contributed by atoms with E-state index < -0.39 is 15.2 Å². The first-order valence-electron chi connectivity index (χ1n) is 17.8. The Kier molecular flexibility index (Phi) is 32.5. The van der Waals surface area contributed by atoms with E-state index in [-0.39, 0.29) is 5.75 Å².